The smallest absolute Gasteiger partial charge is 0.339 e. The highest BCUT2D eigenvalue weighted by molar-refractivity contribution is 5.98. The molecule has 5 rings (SSSR count). The number of esters is 2. The standard InChI is InChI=1S/C42H30F6N2O4/c1-49(2)31-13-7-25(8-14-31)5-11-27-17-34(42(52)54-24-36-39(47)21-30(44)22-40(36)48)28(12-6-26-9-15-32(16-10-26)50(3)4)18-33(27)41(51)53-23-35-37(45)19-29(43)20-38(35)46/h7-10,13-22H,23-24H2,1-4H3. The second kappa shape index (κ2) is 16.8. The van der Waals surface area contributed by atoms with E-state index in [0.29, 0.717) is 35.4 Å². The van der Waals surface area contributed by atoms with E-state index < -0.39 is 71.2 Å². The van der Waals surface area contributed by atoms with Crippen LogP contribution in [0.15, 0.2) is 84.9 Å². The Kier molecular flexibility index (Phi) is 12.0. The predicted octanol–water partition coefficient (Wildman–Crippen LogP) is 8.17. The lowest BCUT2D eigenvalue weighted by molar-refractivity contribution is 0.0449. The summed E-state index contributed by atoms with van der Waals surface area (Å²) in [6, 6.07) is 18.1. The van der Waals surface area contributed by atoms with Gasteiger partial charge in [-0.05, 0) is 60.7 Å². The second-order valence-electron chi connectivity index (χ2n) is 12.2. The molecule has 0 aliphatic carbocycles. The minimum absolute atomic E-state index is 0.108. The van der Waals surface area contributed by atoms with Crippen LogP contribution in [0.2, 0.25) is 0 Å². The molecular weight excluding hydrogens is 710 g/mol. The molecule has 6 nitrogen and oxygen atoms in total. The number of rotatable bonds is 8. The van der Waals surface area contributed by atoms with E-state index in [2.05, 4.69) is 23.7 Å². The Bertz CT molecular complexity index is 2140. The minimum atomic E-state index is -1.28. The zero-order chi connectivity index (χ0) is 39.1. The van der Waals surface area contributed by atoms with Gasteiger partial charge in [-0.25, -0.2) is 35.9 Å². The first kappa shape index (κ1) is 38.6. The van der Waals surface area contributed by atoms with Gasteiger partial charge >= 0.3 is 11.9 Å². The molecular formula is C42H30F6N2O4. The maximum atomic E-state index is 14.4. The molecule has 0 unspecified atom stereocenters. The van der Waals surface area contributed by atoms with E-state index in [1.54, 1.807) is 48.5 Å². The van der Waals surface area contributed by atoms with Crippen molar-refractivity contribution in [1.82, 2.24) is 0 Å². The van der Waals surface area contributed by atoms with Gasteiger partial charge in [0.2, 0.25) is 0 Å². The van der Waals surface area contributed by atoms with Gasteiger partial charge in [0.25, 0.3) is 0 Å². The Morgan fingerprint density at radius 2 is 0.815 bits per heavy atom. The Morgan fingerprint density at radius 3 is 1.11 bits per heavy atom. The first-order valence-corrected chi connectivity index (χ1v) is 16.1. The van der Waals surface area contributed by atoms with Crippen LogP contribution in [0.5, 0.6) is 0 Å². The molecule has 12 heteroatoms. The van der Waals surface area contributed by atoms with E-state index in [1.807, 2.05) is 38.0 Å². The fourth-order valence-electron chi connectivity index (χ4n) is 4.96. The van der Waals surface area contributed by atoms with E-state index in [0.717, 1.165) is 23.5 Å². The Labute approximate surface area is 307 Å². The number of carbonyl (C=O) groups is 2. The van der Waals surface area contributed by atoms with Gasteiger partial charge in [-0.2, -0.15) is 0 Å². The van der Waals surface area contributed by atoms with Crippen molar-refractivity contribution in [2.45, 2.75) is 13.2 Å². The van der Waals surface area contributed by atoms with Crippen LogP contribution in [0.4, 0.5) is 37.7 Å². The van der Waals surface area contributed by atoms with Crippen LogP contribution in [0, 0.1) is 58.6 Å². The molecule has 0 aromatic heterocycles. The van der Waals surface area contributed by atoms with Crippen molar-refractivity contribution in [3.8, 4) is 23.7 Å². The Hall–Kier alpha value is -6.66. The van der Waals surface area contributed by atoms with Crippen LogP contribution < -0.4 is 9.80 Å². The number of anilines is 2. The third kappa shape index (κ3) is 9.41. The quantitative estimate of drug-likeness (QED) is 0.0910. The third-order valence-electron chi connectivity index (χ3n) is 7.95. The van der Waals surface area contributed by atoms with Crippen molar-refractivity contribution in [1.29, 1.82) is 0 Å². The molecule has 0 saturated carbocycles. The molecule has 0 aliphatic rings. The molecule has 5 aromatic carbocycles. The molecule has 0 heterocycles. The normalized spacial score (nSPS) is 10.4. The van der Waals surface area contributed by atoms with Gasteiger partial charge in [0.1, 0.15) is 48.1 Å². The number of nitrogens with zero attached hydrogens (tertiary/aromatic N) is 2. The molecule has 0 N–H and O–H groups in total. The molecule has 0 spiro atoms. The molecule has 5 aromatic rings. The molecule has 0 radical (unpaired) electrons. The summed E-state index contributed by atoms with van der Waals surface area (Å²) in [6.07, 6.45) is 0. The van der Waals surface area contributed by atoms with E-state index in [9.17, 15) is 35.9 Å². The summed E-state index contributed by atoms with van der Waals surface area (Å²) in [5.41, 5.74) is 0.599. The molecule has 0 amide bonds. The molecule has 274 valence electrons. The Balaban J connectivity index is 1.61. The van der Waals surface area contributed by atoms with Gasteiger partial charge in [-0.15, -0.1) is 0 Å². The highest BCUT2D eigenvalue weighted by Crippen LogP contribution is 2.24. The first-order chi connectivity index (χ1) is 25.7. The highest BCUT2D eigenvalue weighted by atomic mass is 19.2. The molecule has 0 atom stereocenters. The Morgan fingerprint density at radius 1 is 0.500 bits per heavy atom. The second-order valence-corrected chi connectivity index (χ2v) is 12.2. The largest absolute Gasteiger partial charge is 0.457 e. The summed E-state index contributed by atoms with van der Waals surface area (Å²) in [7, 11) is 7.41. The number of carbonyl (C=O) groups excluding carboxylic acids is 2. The van der Waals surface area contributed by atoms with Gasteiger partial charge < -0.3 is 19.3 Å². The van der Waals surface area contributed by atoms with Crippen molar-refractivity contribution >= 4 is 23.3 Å². The van der Waals surface area contributed by atoms with Gasteiger partial charge in [0, 0.05) is 86.1 Å². The van der Waals surface area contributed by atoms with Crippen molar-refractivity contribution in [2.75, 3.05) is 38.0 Å². The van der Waals surface area contributed by atoms with Gasteiger partial charge in [0.05, 0.1) is 22.3 Å². The van der Waals surface area contributed by atoms with Crippen LogP contribution in [0.25, 0.3) is 0 Å². The molecule has 0 bridgehead atoms. The summed E-state index contributed by atoms with van der Waals surface area (Å²) in [5.74, 6) is 1.72. The van der Waals surface area contributed by atoms with Crippen molar-refractivity contribution < 1.29 is 45.4 Å². The fourth-order valence-corrected chi connectivity index (χ4v) is 4.96. The SMILES string of the molecule is CN(C)c1ccc(C#Cc2cc(C(=O)OCc3c(F)cc(F)cc3F)c(C#Cc3ccc(N(C)C)cc3)cc2C(=O)OCc2c(F)cc(F)cc2F)cc1. The third-order valence-corrected chi connectivity index (χ3v) is 7.95. The predicted molar refractivity (Wildman–Crippen MR) is 191 cm³/mol. The first-order valence-electron chi connectivity index (χ1n) is 16.1. The molecule has 54 heavy (non-hydrogen) atoms. The lowest BCUT2D eigenvalue weighted by atomic mass is 9.97. The fraction of sp³-hybridized carbons (Fsp3) is 0.143. The topological polar surface area (TPSA) is 59.1 Å². The van der Waals surface area contributed by atoms with Crippen LogP contribution in [0.3, 0.4) is 0 Å². The lowest BCUT2D eigenvalue weighted by Crippen LogP contribution is -2.14. The van der Waals surface area contributed by atoms with Gasteiger partial charge in [-0.1, -0.05) is 23.7 Å². The van der Waals surface area contributed by atoms with Gasteiger partial charge in [-0.3, -0.25) is 0 Å². The van der Waals surface area contributed by atoms with E-state index in [-0.39, 0.29) is 22.3 Å². The molecule has 0 aliphatic heterocycles. The van der Waals surface area contributed by atoms with E-state index in [1.165, 1.54) is 0 Å². The maximum Gasteiger partial charge on any atom is 0.339 e. The summed E-state index contributed by atoms with van der Waals surface area (Å²) in [6.45, 7) is -1.85. The maximum absolute atomic E-state index is 14.4. The van der Waals surface area contributed by atoms with Crippen LogP contribution in [-0.2, 0) is 22.7 Å². The monoisotopic (exact) mass is 740 g/mol. The summed E-state index contributed by atoms with van der Waals surface area (Å²) in [4.78, 5) is 30.9. The van der Waals surface area contributed by atoms with Crippen LogP contribution in [0.1, 0.15) is 54.1 Å². The average molecular weight is 741 g/mol. The summed E-state index contributed by atoms with van der Waals surface area (Å²) in [5, 5.41) is 0. The zero-order valence-electron chi connectivity index (χ0n) is 29.3. The lowest BCUT2D eigenvalue weighted by Gasteiger charge is -2.13. The average Bonchev–Trinajstić information content (AvgIpc) is 3.12. The van der Waals surface area contributed by atoms with Crippen LogP contribution in [-0.4, -0.2) is 40.1 Å². The zero-order valence-corrected chi connectivity index (χ0v) is 29.3. The van der Waals surface area contributed by atoms with E-state index in [4.69, 9.17) is 9.47 Å². The van der Waals surface area contributed by atoms with Crippen LogP contribution >= 0.6 is 0 Å². The van der Waals surface area contributed by atoms with E-state index >= 15 is 0 Å². The number of ether oxygens (including phenoxy) is 2. The minimum Gasteiger partial charge on any atom is -0.457 e. The van der Waals surface area contributed by atoms with Crippen molar-refractivity contribution in [3.63, 3.8) is 0 Å². The number of hydrogen-bond acceptors (Lipinski definition) is 6. The van der Waals surface area contributed by atoms with Gasteiger partial charge in [0.15, 0.2) is 0 Å². The van der Waals surface area contributed by atoms with Crippen molar-refractivity contribution in [2.24, 2.45) is 0 Å². The number of hydrogen-bond donors (Lipinski definition) is 0. The number of benzene rings is 5. The summed E-state index contributed by atoms with van der Waals surface area (Å²) < 4.78 is 95.1. The number of halogens is 6. The molecule has 0 saturated heterocycles. The van der Waals surface area contributed by atoms with Crippen molar-refractivity contribution in [3.05, 3.63) is 164 Å². The summed E-state index contributed by atoms with van der Waals surface area (Å²) >= 11 is 0. The highest BCUT2D eigenvalue weighted by Gasteiger charge is 2.23. The molecule has 0 fully saturated rings.